The summed E-state index contributed by atoms with van der Waals surface area (Å²) >= 11 is 0. The van der Waals surface area contributed by atoms with Crippen LogP contribution in [0.25, 0.3) is 5.69 Å². The second-order valence-corrected chi connectivity index (χ2v) is 8.06. The molecule has 0 spiro atoms. The molecule has 1 N–H and O–H groups in total. The monoisotopic (exact) mass is 387 g/mol. The van der Waals surface area contributed by atoms with Crippen molar-refractivity contribution in [2.75, 3.05) is 12.4 Å². The van der Waals surface area contributed by atoms with Gasteiger partial charge in [-0.15, -0.1) is 0 Å². The van der Waals surface area contributed by atoms with Crippen molar-refractivity contribution in [2.45, 2.75) is 38.0 Å². The zero-order chi connectivity index (χ0) is 20.0. The molecule has 2 aliphatic rings. The van der Waals surface area contributed by atoms with Crippen LogP contribution in [-0.4, -0.2) is 22.8 Å². The van der Waals surface area contributed by atoms with Crippen LogP contribution in [0.4, 0.5) is 5.82 Å². The van der Waals surface area contributed by atoms with Crippen LogP contribution in [0.3, 0.4) is 0 Å². The van der Waals surface area contributed by atoms with E-state index in [1.54, 1.807) is 7.11 Å². The van der Waals surface area contributed by atoms with Crippen molar-refractivity contribution in [3.63, 3.8) is 0 Å². The molecule has 2 saturated carbocycles. The van der Waals surface area contributed by atoms with Gasteiger partial charge in [-0.1, -0.05) is 36.4 Å². The number of carbonyl (C=O) groups excluding carboxylic acids is 1. The number of carbonyl (C=O) groups is 1. The number of anilines is 1. The van der Waals surface area contributed by atoms with Crippen LogP contribution < -0.4 is 10.1 Å². The lowest BCUT2D eigenvalue weighted by atomic mass is 10.1. The molecular formula is C24H25N3O2. The Hall–Kier alpha value is -3.08. The number of hydrogen-bond acceptors (Lipinski definition) is 3. The molecule has 5 heteroatoms. The summed E-state index contributed by atoms with van der Waals surface area (Å²) in [7, 11) is 1.68. The van der Waals surface area contributed by atoms with Crippen LogP contribution >= 0.6 is 0 Å². The number of hydrogen-bond donors (Lipinski definition) is 1. The summed E-state index contributed by atoms with van der Waals surface area (Å²) in [5.74, 6) is 2.42. The Morgan fingerprint density at radius 1 is 1.10 bits per heavy atom. The number of para-hydroxylation sites is 2. The Balaban J connectivity index is 1.41. The molecular weight excluding hydrogens is 362 g/mol. The van der Waals surface area contributed by atoms with Crippen LogP contribution in [0.15, 0.2) is 54.6 Å². The number of nitrogens with one attached hydrogen (secondary N) is 1. The minimum atomic E-state index is -0.0331. The number of ether oxygens (including phenoxy) is 1. The number of rotatable bonds is 6. The first-order valence-electron chi connectivity index (χ1n) is 10.3. The van der Waals surface area contributed by atoms with E-state index in [-0.39, 0.29) is 17.7 Å². The molecule has 2 aromatic carbocycles. The second-order valence-electron chi connectivity index (χ2n) is 8.06. The summed E-state index contributed by atoms with van der Waals surface area (Å²) in [4.78, 5) is 13.1. The maximum atomic E-state index is 13.1. The molecule has 0 bridgehead atoms. The molecule has 2 atom stereocenters. The van der Waals surface area contributed by atoms with Gasteiger partial charge in [-0.2, -0.15) is 5.10 Å². The maximum Gasteiger partial charge on any atom is 0.229 e. The number of methoxy groups -OCH3 is 1. The summed E-state index contributed by atoms with van der Waals surface area (Å²) in [5, 5.41) is 8.06. The molecule has 5 rings (SSSR count). The molecule has 5 nitrogen and oxygen atoms in total. The Labute approximate surface area is 170 Å². The molecule has 2 aliphatic carbocycles. The number of amides is 1. The van der Waals surface area contributed by atoms with Gasteiger partial charge in [-0.25, -0.2) is 4.68 Å². The lowest BCUT2D eigenvalue weighted by molar-refractivity contribution is -0.117. The molecule has 1 amide bonds. The van der Waals surface area contributed by atoms with E-state index in [2.05, 4.69) is 18.3 Å². The van der Waals surface area contributed by atoms with Crippen molar-refractivity contribution < 1.29 is 9.53 Å². The van der Waals surface area contributed by atoms with Gasteiger partial charge >= 0.3 is 0 Å². The first-order chi connectivity index (χ1) is 14.2. The summed E-state index contributed by atoms with van der Waals surface area (Å²) < 4.78 is 7.37. The van der Waals surface area contributed by atoms with Crippen LogP contribution in [0, 0.1) is 12.8 Å². The van der Waals surface area contributed by atoms with E-state index in [1.807, 2.05) is 53.2 Å². The fraction of sp³-hybridized carbons (Fsp3) is 0.333. The topological polar surface area (TPSA) is 56.1 Å². The van der Waals surface area contributed by atoms with Gasteiger partial charge in [0.1, 0.15) is 11.6 Å². The van der Waals surface area contributed by atoms with E-state index < -0.39 is 0 Å². The smallest absolute Gasteiger partial charge is 0.229 e. The van der Waals surface area contributed by atoms with Crippen LogP contribution in [0.5, 0.6) is 5.75 Å². The van der Waals surface area contributed by atoms with Crippen LogP contribution in [0.2, 0.25) is 0 Å². The molecule has 3 aromatic rings. The Bertz CT molecular complexity index is 1050. The second kappa shape index (κ2) is 7.07. The lowest BCUT2D eigenvalue weighted by Gasteiger charge is -2.11. The highest BCUT2D eigenvalue weighted by molar-refractivity contribution is 5.95. The van der Waals surface area contributed by atoms with Crippen molar-refractivity contribution in [1.29, 1.82) is 0 Å². The minimum absolute atomic E-state index is 0.0331. The number of benzene rings is 2. The average molecular weight is 387 g/mol. The van der Waals surface area contributed by atoms with Gasteiger partial charge in [0.25, 0.3) is 0 Å². The molecule has 29 heavy (non-hydrogen) atoms. The van der Waals surface area contributed by atoms with E-state index in [0.29, 0.717) is 5.92 Å². The molecule has 0 aliphatic heterocycles. The van der Waals surface area contributed by atoms with Gasteiger partial charge < -0.3 is 10.1 Å². The summed E-state index contributed by atoms with van der Waals surface area (Å²) in [6.07, 6.45) is 3.21. The van der Waals surface area contributed by atoms with Crippen molar-refractivity contribution in [3.05, 3.63) is 71.4 Å². The summed E-state index contributed by atoms with van der Waals surface area (Å²) in [6, 6.07) is 18.0. The van der Waals surface area contributed by atoms with E-state index in [0.717, 1.165) is 40.5 Å². The quantitative estimate of drug-likeness (QED) is 0.660. The largest absolute Gasteiger partial charge is 0.496 e. The fourth-order valence-electron chi connectivity index (χ4n) is 4.17. The van der Waals surface area contributed by atoms with Crippen molar-refractivity contribution in [3.8, 4) is 11.4 Å². The normalized spacial score (nSPS) is 20.3. The average Bonchev–Trinajstić information content (AvgIpc) is 3.68. The SMILES string of the molecule is COc1ccccc1[C@@H]1C[C@@H]1C(=O)Nc1c(C)c(C2CC2)nn1-c1ccccc1. The Kier molecular flexibility index (Phi) is 4.38. The van der Waals surface area contributed by atoms with Crippen molar-refractivity contribution >= 4 is 11.7 Å². The maximum absolute atomic E-state index is 13.1. The highest BCUT2D eigenvalue weighted by atomic mass is 16.5. The zero-order valence-corrected chi connectivity index (χ0v) is 16.8. The molecule has 0 radical (unpaired) electrons. The summed E-state index contributed by atoms with van der Waals surface area (Å²) in [5.41, 5.74) is 4.28. The fourth-order valence-corrected chi connectivity index (χ4v) is 4.17. The predicted octanol–water partition coefficient (Wildman–Crippen LogP) is 4.81. The Morgan fingerprint density at radius 3 is 2.55 bits per heavy atom. The molecule has 2 fully saturated rings. The number of aromatic nitrogens is 2. The highest BCUT2D eigenvalue weighted by Gasteiger charge is 2.45. The van der Waals surface area contributed by atoms with Crippen LogP contribution in [-0.2, 0) is 4.79 Å². The van der Waals surface area contributed by atoms with E-state index in [4.69, 9.17) is 9.84 Å². The van der Waals surface area contributed by atoms with Gasteiger partial charge in [0.15, 0.2) is 0 Å². The highest BCUT2D eigenvalue weighted by Crippen LogP contribution is 2.51. The van der Waals surface area contributed by atoms with Gasteiger partial charge in [-0.3, -0.25) is 4.79 Å². The molecule has 148 valence electrons. The summed E-state index contributed by atoms with van der Waals surface area (Å²) in [6.45, 7) is 2.07. The molecule has 1 heterocycles. The van der Waals surface area contributed by atoms with Gasteiger partial charge in [-0.05, 0) is 55.9 Å². The van der Waals surface area contributed by atoms with E-state index >= 15 is 0 Å². The third-order valence-electron chi connectivity index (χ3n) is 6.03. The van der Waals surface area contributed by atoms with Gasteiger partial charge in [0.2, 0.25) is 5.91 Å². The number of nitrogens with zero attached hydrogens (tertiary/aromatic N) is 2. The first kappa shape index (κ1) is 18.0. The lowest BCUT2D eigenvalue weighted by Crippen LogP contribution is -2.18. The third kappa shape index (κ3) is 3.31. The first-order valence-corrected chi connectivity index (χ1v) is 10.3. The van der Waals surface area contributed by atoms with Crippen LogP contribution in [0.1, 0.15) is 47.9 Å². The van der Waals surface area contributed by atoms with Crippen molar-refractivity contribution in [2.24, 2.45) is 5.92 Å². The standard InChI is InChI=1S/C24H25N3O2/c1-15-22(16-12-13-16)26-27(17-8-4-3-5-9-17)23(15)25-24(28)20-14-19(20)18-10-6-7-11-21(18)29-2/h3-11,16,19-20H,12-14H2,1-2H3,(H,25,28)/t19-,20-/m0/s1. The molecule has 0 unspecified atom stereocenters. The third-order valence-corrected chi connectivity index (χ3v) is 6.03. The Morgan fingerprint density at radius 2 is 1.83 bits per heavy atom. The van der Waals surface area contributed by atoms with Gasteiger partial charge in [0.05, 0.1) is 18.5 Å². The molecule has 1 aromatic heterocycles. The van der Waals surface area contributed by atoms with E-state index in [9.17, 15) is 4.79 Å². The molecule has 0 saturated heterocycles. The minimum Gasteiger partial charge on any atom is -0.496 e. The van der Waals surface area contributed by atoms with E-state index in [1.165, 1.54) is 12.8 Å². The van der Waals surface area contributed by atoms with Crippen molar-refractivity contribution in [1.82, 2.24) is 9.78 Å². The zero-order valence-electron chi connectivity index (χ0n) is 16.8. The predicted molar refractivity (Wildman–Crippen MR) is 113 cm³/mol. The van der Waals surface area contributed by atoms with Gasteiger partial charge in [0, 0.05) is 17.4 Å².